The van der Waals surface area contributed by atoms with E-state index in [1.807, 2.05) is 24.0 Å². The second-order valence-corrected chi connectivity index (χ2v) is 3.65. The topological polar surface area (TPSA) is 95.4 Å². The maximum absolute atomic E-state index is 8.95. The highest BCUT2D eigenvalue weighted by molar-refractivity contribution is 6.10. The first-order valence-corrected chi connectivity index (χ1v) is 5.85. The molecule has 0 aliphatic heterocycles. The molecular formula is C13H15N5O. The molecule has 6 nitrogen and oxygen atoms in total. The number of nitriles is 2. The number of hydrogen-bond donors (Lipinski definition) is 2. The standard InChI is InChI=1S/C13H15N5O/c1-2-18(7-8-19)13-5-3-11(4-6-13)16-17-12(9-14)10-15/h3-6,16,19H,2,7-8H2,1H3. The Kier molecular flexibility index (Phi) is 5.87. The van der Waals surface area contributed by atoms with Gasteiger partial charge in [-0.3, -0.25) is 5.43 Å². The number of rotatable bonds is 6. The summed E-state index contributed by atoms with van der Waals surface area (Å²) in [6, 6.07) is 10.7. The third-order valence-corrected chi connectivity index (χ3v) is 2.49. The summed E-state index contributed by atoms with van der Waals surface area (Å²) in [5, 5.41) is 29.7. The van der Waals surface area contributed by atoms with Gasteiger partial charge in [0.2, 0.25) is 5.71 Å². The molecule has 0 aromatic heterocycles. The molecule has 0 unspecified atom stereocenters. The van der Waals surface area contributed by atoms with Crippen LogP contribution in [-0.2, 0) is 0 Å². The van der Waals surface area contributed by atoms with Crippen LogP contribution in [0.2, 0.25) is 0 Å². The van der Waals surface area contributed by atoms with Crippen molar-refractivity contribution in [1.29, 1.82) is 10.5 Å². The lowest BCUT2D eigenvalue weighted by atomic mass is 10.2. The van der Waals surface area contributed by atoms with E-state index in [2.05, 4.69) is 10.5 Å². The van der Waals surface area contributed by atoms with E-state index in [0.29, 0.717) is 12.2 Å². The lowest BCUT2D eigenvalue weighted by Gasteiger charge is -2.22. The Bertz CT molecular complexity index is 493. The molecule has 0 saturated heterocycles. The third kappa shape index (κ3) is 4.30. The number of nitrogens with one attached hydrogen (secondary N) is 1. The molecule has 0 radical (unpaired) electrons. The van der Waals surface area contributed by atoms with Gasteiger partial charge >= 0.3 is 0 Å². The Balaban J connectivity index is 2.75. The van der Waals surface area contributed by atoms with Gasteiger partial charge < -0.3 is 10.0 Å². The normalized spacial score (nSPS) is 9.05. The molecule has 1 aromatic carbocycles. The Labute approximate surface area is 112 Å². The first kappa shape index (κ1) is 14.5. The number of hydrazone groups is 1. The number of nitrogens with zero attached hydrogens (tertiary/aromatic N) is 4. The molecular weight excluding hydrogens is 242 g/mol. The second kappa shape index (κ2) is 7.70. The average molecular weight is 257 g/mol. The summed E-state index contributed by atoms with van der Waals surface area (Å²) in [7, 11) is 0. The molecule has 2 N–H and O–H groups in total. The molecule has 0 bridgehead atoms. The van der Waals surface area contributed by atoms with Crippen molar-refractivity contribution < 1.29 is 5.11 Å². The summed E-state index contributed by atoms with van der Waals surface area (Å²) in [5.41, 5.74) is 4.09. The number of aliphatic hydroxyl groups excluding tert-OH is 1. The molecule has 1 aromatic rings. The van der Waals surface area contributed by atoms with Gasteiger partial charge in [-0.2, -0.15) is 15.6 Å². The fourth-order valence-electron chi connectivity index (χ4n) is 1.53. The molecule has 0 aliphatic carbocycles. The largest absolute Gasteiger partial charge is 0.395 e. The first-order chi connectivity index (χ1) is 9.24. The summed E-state index contributed by atoms with van der Waals surface area (Å²) in [6.07, 6.45) is 0. The fraction of sp³-hybridized carbons (Fsp3) is 0.308. The van der Waals surface area contributed by atoms with Crippen LogP contribution < -0.4 is 10.3 Å². The molecule has 98 valence electrons. The molecule has 0 fully saturated rings. The Morgan fingerprint density at radius 3 is 2.42 bits per heavy atom. The first-order valence-electron chi connectivity index (χ1n) is 5.85. The molecule has 1 rings (SSSR count). The molecule has 0 amide bonds. The Hall–Kier alpha value is -2.57. The zero-order valence-electron chi connectivity index (χ0n) is 10.7. The van der Waals surface area contributed by atoms with Gasteiger partial charge in [0, 0.05) is 18.8 Å². The summed E-state index contributed by atoms with van der Waals surface area (Å²) < 4.78 is 0. The predicted molar refractivity (Wildman–Crippen MR) is 73.7 cm³/mol. The van der Waals surface area contributed by atoms with Crippen molar-refractivity contribution in [1.82, 2.24) is 0 Å². The number of aliphatic hydroxyl groups is 1. The van der Waals surface area contributed by atoms with Crippen molar-refractivity contribution in [2.45, 2.75) is 6.92 Å². The van der Waals surface area contributed by atoms with Crippen LogP contribution in [0, 0.1) is 22.7 Å². The van der Waals surface area contributed by atoms with E-state index in [1.165, 1.54) is 0 Å². The lowest BCUT2D eigenvalue weighted by Crippen LogP contribution is -2.25. The number of likely N-dealkylation sites (N-methyl/N-ethyl adjacent to an activating group) is 1. The van der Waals surface area contributed by atoms with Crippen LogP contribution in [0.1, 0.15) is 6.92 Å². The highest BCUT2D eigenvalue weighted by Gasteiger charge is 2.03. The quantitative estimate of drug-likeness (QED) is 0.592. The number of anilines is 2. The van der Waals surface area contributed by atoms with Gasteiger partial charge in [0.05, 0.1) is 12.3 Å². The second-order valence-electron chi connectivity index (χ2n) is 3.65. The van der Waals surface area contributed by atoms with E-state index in [-0.39, 0.29) is 12.3 Å². The van der Waals surface area contributed by atoms with Crippen molar-refractivity contribution in [3.63, 3.8) is 0 Å². The van der Waals surface area contributed by atoms with Crippen LogP contribution in [0.25, 0.3) is 0 Å². The van der Waals surface area contributed by atoms with Gasteiger partial charge in [-0.15, -0.1) is 0 Å². The number of benzene rings is 1. The Morgan fingerprint density at radius 1 is 1.32 bits per heavy atom. The van der Waals surface area contributed by atoms with Gasteiger partial charge in [0.15, 0.2) is 0 Å². The van der Waals surface area contributed by atoms with E-state index in [4.69, 9.17) is 15.6 Å². The molecule has 6 heteroatoms. The SMILES string of the molecule is CCN(CCO)c1ccc(NN=C(C#N)C#N)cc1. The van der Waals surface area contributed by atoms with E-state index < -0.39 is 0 Å². The minimum absolute atomic E-state index is 0.103. The maximum Gasteiger partial charge on any atom is 0.237 e. The molecule has 0 heterocycles. The maximum atomic E-state index is 8.95. The average Bonchev–Trinajstić information content (AvgIpc) is 2.46. The van der Waals surface area contributed by atoms with Crippen LogP contribution >= 0.6 is 0 Å². The third-order valence-electron chi connectivity index (χ3n) is 2.49. The van der Waals surface area contributed by atoms with Gasteiger partial charge in [-0.1, -0.05) is 0 Å². The summed E-state index contributed by atoms with van der Waals surface area (Å²) in [6.45, 7) is 3.50. The van der Waals surface area contributed by atoms with E-state index >= 15 is 0 Å². The van der Waals surface area contributed by atoms with Crippen LogP contribution in [0.3, 0.4) is 0 Å². The van der Waals surface area contributed by atoms with Crippen LogP contribution in [-0.4, -0.2) is 30.5 Å². The van der Waals surface area contributed by atoms with Crippen molar-refractivity contribution in [3.05, 3.63) is 24.3 Å². The molecule has 0 aliphatic rings. The van der Waals surface area contributed by atoms with Crippen molar-refractivity contribution in [3.8, 4) is 12.1 Å². The highest BCUT2D eigenvalue weighted by Crippen LogP contribution is 2.17. The molecule has 19 heavy (non-hydrogen) atoms. The van der Waals surface area contributed by atoms with Crippen molar-refractivity contribution in [2.75, 3.05) is 30.0 Å². The fourth-order valence-corrected chi connectivity index (χ4v) is 1.53. The van der Waals surface area contributed by atoms with Gasteiger partial charge in [0.1, 0.15) is 12.1 Å². The predicted octanol–water partition coefficient (Wildman–Crippen LogP) is 1.32. The molecule has 0 saturated carbocycles. The van der Waals surface area contributed by atoms with E-state index in [9.17, 15) is 0 Å². The molecule has 0 spiro atoms. The summed E-state index contributed by atoms with van der Waals surface area (Å²) >= 11 is 0. The minimum Gasteiger partial charge on any atom is -0.395 e. The zero-order chi connectivity index (χ0) is 14.1. The lowest BCUT2D eigenvalue weighted by molar-refractivity contribution is 0.302. The minimum atomic E-state index is -0.223. The monoisotopic (exact) mass is 257 g/mol. The smallest absolute Gasteiger partial charge is 0.237 e. The summed E-state index contributed by atoms with van der Waals surface area (Å²) in [4.78, 5) is 2.03. The van der Waals surface area contributed by atoms with Crippen molar-refractivity contribution >= 4 is 17.1 Å². The molecule has 0 atom stereocenters. The zero-order valence-corrected chi connectivity index (χ0v) is 10.7. The van der Waals surface area contributed by atoms with Crippen LogP contribution in [0.5, 0.6) is 0 Å². The van der Waals surface area contributed by atoms with Crippen molar-refractivity contribution in [2.24, 2.45) is 5.10 Å². The van der Waals surface area contributed by atoms with Crippen LogP contribution in [0.15, 0.2) is 29.4 Å². The van der Waals surface area contributed by atoms with Gasteiger partial charge in [0.25, 0.3) is 0 Å². The Morgan fingerprint density at radius 2 is 1.95 bits per heavy atom. The van der Waals surface area contributed by atoms with Crippen LogP contribution in [0.4, 0.5) is 11.4 Å². The van der Waals surface area contributed by atoms with Gasteiger partial charge in [-0.05, 0) is 31.2 Å². The highest BCUT2D eigenvalue weighted by atomic mass is 16.3. The number of hydrogen-bond acceptors (Lipinski definition) is 6. The summed E-state index contributed by atoms with van der Waals surface area (Å²) in [5.74, 6) is 0. The van der Waals surface area contributed by atoms with E-state index in [1.54, 1.807) is 24.3 Å². The van der Waals surface area contributed by atoms with E-state index in [0.717, 1.165) is 12.2 Å². The van der Waals surface area contributed by atoms with Gasteiger partial charge in [-0.25, -0.2) is 0 Å².